The van der Waals surface area contributed by atoms with E-state index < -0.39 is 16.0 Å². The zero-order valence-electron chi connectivity index (χ0n) is 15.3. The van der Waals surface area contributed by atoms with Gasteiger partial charge in [0.15, 0.2) is 0 Å². The second-order valence-electron chi connectivity index (χ2n) is 7.09. The van der Waals surface area contributed by atoms with E-state index in [0.717, 1.165) is 24.1 Å². The number of rotatable bonds is 3. The van der Waals surface area contributed by atoms with Crippen molar-refractivity contribution in [2.75, 3.05) is 24.5 Å². The van der Waals surface area contributed by atoms with Crippen LogP contribution in [0.15, 0.2) is 47.4 Å². The molecule has 2 aliphatic rings. The Bertz CT molecular complexity index is 986. The van der Waals surface area contributed by atoms with Gasteiger partial charge in [-0.3, -0.25) is 4.31 Å². The summed E-state index contributed by atoms with van der Waals surface area (Å²) in [6, 6.07) is 12.0. The molecule has 2 aromatic carbocycles. The van der Waals surface area contributed by atoms with Gasteiger partial charge in [-0.2, -0.15) is 0 Å². The predicted molar refractivity (Wildman–Crippen MR) is 102 cm³/mol. The van der Waals surface area contributed by atoms with Gasteiger partial charge in [0.1, 0.15) is 0 Å². The topological polar surface area (TPSA) is 75.7 Å². The summed E-state index contributed by atoms with van der Waals surface area (Å²) in [5.41, 5.74) is 2.90. The Balaban J connectivity index is 1.83. The highest BCUT2D eigenvalue weighted by molar-refractivity contribution is 7.92. The van der Waals surface area contributed by atoms with Crippen LogP contribution in [0.3, 0.4) is 0 Å². The predicted octanol–water partition coefficient (Wildman–Crippen LogP) is 2.64. The number of nitrogens with zero attached hydrogens (tertiary/aromatic N) is 1. The molecule has 0 amide bonds. The van der Waals surface area contributed by atoms with Crippen LogP contribution in [-0.4, -0.2) is 34.6 Å². The number of carbonyl (C=O) groups is 1. The monoisotopic (exact) mass is 386 g/mol. The lowest BCUT2D eigenvalue weighted by molar-refractivity contribution is 0.0600. The molecule has 2 heterocycles. The van der Waals surface area contributed by atoms with Crippen LogP contribution < -0.4 is 9.62 Å². The fraction of sp³-hybridized carbons (Fsp3) is 0.350. The molecule has 0 saturated carbocycles. The Labute approximate surface area is 159 Å². The Morgan fingerprint density at radius 1 is 1.19 bits per heavy atom. The average molecular weight is 386 g/mol. The van der Waals surface area contributed by atoms with Crippen LogP contribution in [0.5, 0.6) is 0 Å². The zero-order valence-corrected chi connectivity index (χ0v) is 16.1. The Kier molecular flexibility index (Phi) is 4.44. The first-order valence-corrected chi connectivity index (χ1v) is 10.4. The molecule has 7 heteroatoms. The lowest BCUT2D eigenvalue weighted by Crippen LogP contribution is -2.42. The van der Waals surface area contributed by atoms with Gasteiger partial charge in [-0.15, -0.1) is 0 Å². The van der Waals surface area contributed by atoms with Crippen molar-refractivity contribution >= 4 is 21.7 Å². The maximum absolute atomic E-state index is 13.3. The number of anilines is 1. The van der Waals surface area contributed by atoms with E-state index in [1.165, 1.54) is 11.4 Å². The van der Waals surface area contributed by atoms with Crippen LogP contribution in [0, 0.1) is 12.8 Å². The van der Waals surface area contributed by atoms with E-state index in [9.17, 15) is 13.2 Å². The SMILES string of the molecule is COC(=O)c1ccc2c(c1)[C@@H]1NCC[C@@H]1CN2S(=O)(=O)c1ccc(C)cc1. The Hall–Kier alpha value is -2.38. The molecule has 2 aliphatic heterocycles. The molecule has 142 valence electrons. The number of nitrogens with one attached hydrogen (secondary N) is 1. The fourth-order valence-corrected chi connectivity index (χ4v) is 5.52. The highest BCUT2D eigenvalue weighted by atomic mass is 32.2. The number of ether oxygens (including phenoxy) is 1. The van der Waals surface area contributed by atoms with Gasteiger partial charge in [0.2, 0.25) is 0 Å². The zero-order chi connectivity index (χ0) is 19.2. The summed E-state index contributed by atoms with van der Waals surface area (Å²) >= 11 is 0. The molecule has 0 aromatic heterocycles. The van der Waals surface area contributed by atoms with Crippen molar-refractivity contribution < 1.29 is 17.9 Å². The minimum Gasteiger partial charge on any atom is -0.465 e. The Morgan fingerprint density at radius 2 is 1.93 bits per heavy atom. The van der Waals surface area contributed by atoms with Gasteiger partial charge in [0.25, 0.3) is 10.0 Å². The maximum Gasteiger partial charge on any atom is 0.337 e. The first kappa shape index (κ1) is 18.0. The van der Waals surface area contributed by atoms with Crippen molar-refractivity contribution in [1.82, 2.24) is 5.32 Å². The largest absolute Gasteiger partial charge is 0.465 e. The molecule has 0 bridgehead atoms. The standard InChI is InChI=1S/C20H22N2O4S/c1-13-3-6-16(7-4-13)27(24,25)22-12-15-9-10-21-19(15)17-11-14(20(23)26-2)5-8-18(17)22/h3-8,11,15,19,21H,9-10,12H2,1-2H3/t15-,19-/m1/s1. The molecule has 6 nitrogen and oxygen atoms in total. The average Bonchev–Trinajstić information content (AvgIpc) is 3.15. The van der Waals surface area contributed by atoms with Crippen molar-refractivity contribution in [3.05, 3.63) is 59.2 Å². The normalized spacial score (nSPS) is 21.5. The molecule has 1 saturated heterocycles. The minimum atomic E-state index is -3.68. The van der Waals surface area contributed by atoms with Crippen molar-refractivity contribution in [3.8, 4) is 0 Å². The maximum atomic E-state index is 13.3. The third-order valence-electron chi connectivity index (χ3n) is 5.41. The molecule has 27 heavy (non-hydrogen) atoms. The third-order valence-corrected chi connectivity index (χ3v) is 7.21. The van der Waals surface area contributed by atoms with E-state index in [1.54, 1.807) is 42.5 Å². The van der Waals surface area contributed by atoms with E-state index in [-0.39, 0.29) is 16.9 Å². The molecule has 0 radical (unpaired) electrons. The molecule has 4 rings (SSSR count). The molecule has 1 N–H and O–H groups in total. The highest BCUT2D eigenvalue weighted by Crippen LogP contribution is 2.43. The number of esters is 1. The van der Waals surface area contributed by atoms with E-state index in [2.05, 4.69) is 5.32 Å². The summed E-state index contributed by atoms with van der Waals surface area (Å²) in [5, 5.41) is 3.44. The first-order valence-electron chi connectivity index (χ1n) is 8.97. The van der Waals surface area contributed by atoms with Gasteiger partial charge in [-0.05, 0) is 61.7 Å². The van der Waals surface area contributed by atoms with Gasteiger partial charge >= 0.3 is 5.97 Å². The smallest absolute Gasteiger partial charge is 0.337 e. The Morgan fingerprint density at radius 3 is 2.63 bits per heavy atom. The number of methoxy groups -OCH3 is 1. The quantitative estimate of drug-likeness (QED) is 0.821. The molecule has 0 unspecified atom stereocenters. The summed E-state index contributed by atoms with van der Waals surface area (Å²) in [4.78, 5) is 12.2. The molecule has 2 atom stereocenters. The lowest BCUT2D eigenvalue weighted by Gasteiger charge is -2.37. The first-order chi connectivity index (χ1) is 12.9. The number of hydrogen-bond donors (Lipinski definition) is 1. The summed E-state index contributed by atoms with van der Waals surface area (Å²) in [6.45, 7) is 3.18. The summed E-state index contributed by atoms with van der Waals surface area (Å²) in [7, 11) is -2.34. The van der Waals surface area contributed by atoms with Gasteiger partial charge in [0.05, 0.1) is 23.3 Å². The molecule has 0 spiro atoms. The number of hydrogen-bond acceptors (Lipinski definition) is 5. The van der Waals surface area contributed by atoms with E-state index in [4.69, 9.17) is 4.74 Å². The highest BCUT2D eigenvalue weighted by Gasteiger charge is 2.41. The fourth-order valence-electron chi connectivity index (χ4n) is 3.97. The van der Waals surface area contributed by atoms with Crippen molar-refractivity contribution in [2.45, 2.75) is 24.3 Å². The van der Waals surface area contributed by atoms with Crippen LogP contribution in [0.4, 0.5) is 5.69 Å². The number of benzene rings is 2. The summed E-state index contributed by atoms with van der Waals surface area (Å²) in [5.74, 6) is -0.253. The molecule has 1 fully saturated rings. The van der Waals surface area contributed by atoms with Crippen molar-refractivity contribution in [2.24, 2.45) is 5.92 Å². The molecular weight excluding hydrogens is 364 g/mol. The minimum absolute atomic E-state index is 0.0501. The number of aryl methyl sites for hydroxylation is 1. The summed E-state index contributed by atoms with van der Waals surface area (Å²) < 4.78 is 33.0. The van der Waals surface area contributed by atoms with Crippen LogP contribution in [0.2, 0.25) is 0 Å². The van der Waals surface area contributed by atoms with Crippen molar-refractivity contribution in [3.63, 3.8) is 0 Å². The van der Waals surface area contributed by atoms with Crippen LogP contribution >= 0.6 is 0 Å². The number of carbonyl (C=O) groups excluding carboxylic acids is 1. The van der Waals surface area contributed by atoms with Gasteiger partial charge in [-0.1, -0.05) is 17.7 Å². The number of fused-ring (bicyclic) bond motifs is 3. The van der Waals surface area contributed by atoms with Gasteiger partial charge in [-0.25, -0.2) is 13.2 Å². The molecule has 2 aromatic rings. The van der Waals surface area contributed by atoms with Crippen LogP contribution in [0.25, 0.3) is 0 Å². The molecular formula is C20H22N2O4S. The molecule has 0 aliphatic carbocycles. The van der Waals surface area contributed by atoms with Gasteiger partial charge < -0.3 is 10.1 Å². The van der Waals surface area contributed by atoms with E-state index in [0.29, 0.717) is 17.8 Å². The van der Waals surface area contributed by atoms with Crippen molar-refractivity contribution in [1.29, 1.82) is 0 Å². The summed E-state index contributed by atoms with van der Waals surface area (Å²) in [6.07, 6.45) is 0.895. The van der Waals surface area contributed by atoms with E-state index in [1.807, 2.05) is 6.92 Å². The van der Waals surface area contributed by atoms with E-state index >= 15 is 0 Å². The third kappa shape index (κ3) is 3.00. The van der Waals surface area contributed by atoms with Gasteiger partial charge in [0, 0.05) is 12.6 Å². The lowest BCUT2D eigenvalue weighted by atomic mass is 9.88. The van der Waals surface area contributed by atoms with Crippen LogP contribution in [-0.2, 0) is 14.8 Å². The number of sulfonamides is 1. The second kappa shape index (κ2) is 6.65. The second-order valence-corrected chi connectivity index (χ2v) is 8.96. The van der Waals surface area contributed by atoms with Crippen LogP contribution in [0.1, 0.15) is 33.9 Å².